The summed E-state index contributed by atoms with van der Waals surface area (Å²) in [5.41, 5.74) is 2.75. The van der Waals surface area contributed by atoms with E-state index in [1.807, 2.05) is 0 Å². The molecule has 0 saturated heterocycles. The van der Waals surface area contributed by atoms with Crippen LogP contribution >= 0.6 is 12.2 Å². The van der Waals surface area contributed by atoms with Crippen molar-refractivity contribution >= 4 is 23.5 Å². The van der Waals surface area contributed by atoms with Gasteiger partial charge in [0.2, 0.25) is 0 Å². The van der Waals surface area contributed by atoms with Crippen molar-refractivity contribution in [3.8, 4) is 11.5 Å². The van der Waals surface area contributed by atoms with Crippen LogP contribution in [0.15, 0.2) is 23.3 Å². The van der Waals surface area contributed by atoms with Crippen molar-refractivity contribution in [2.75, 3.05) is 0 Å². The summed E-state index contributed by atoms with van der Waals surface area (Å²) >= 11 is 5.13. The summed E-state index contributed by atoms with van der Waals surface area (Å²) in [6, 6.07) is 3.71. The zero-order valence-corrected chi connectivity index (χ0v) is 14.6. The van der Waals surface area contributed by atoms with Crippen molar-refractivity contribution in [3.63, 3.8) is 0 Å². The molecular weight excluding hydrogens is 374 g/mol. The van der Waals surface area contributed by atoms with Crippen LogP contribution in [0.1, 0.15) is 37.7 Å². The average molecular weight is 393 g/mol. The van der Waals surface area contributed by atoms with Crippen LogP contribution in [-0.4, -0.2) is 30.6 Å². The number of nitrogens with zero attached hydrogens (tertiary/aromatic N) is 1. The summed E-state index contributed by atoms with van der Waals surface area (Å²) in [5.74, 6) is -0.634. The number of halogens is 4. The fourth-order valence-electron chi connectivity index (χ4n) is 2.62. The molecule has 1 aromatic carbocycles. The van der Waals surface area contributed by atoms with Crippen molar-refractivity contribution in [1.29, 1.82) is 0 Å². The molecule has 0 aliphatic heterocycles. The predicted molar refractivity (Wildman–Crippen MR) is 93.0 cm³/mol. The summed E-state index contributed by atoms with van der Waals surface area (Å²) < 4.78 is 58.0. The number of thiocarbonyl (C=S) groups is 1. The molecule has 0 radical (unpaired) electrons. The lowest BCUT2D eigenvalue weighted by Crippen LogP contribution is -2.40. The lowest BCUT2D eigenvalue weighted by Gasteiger charge is -2.23. The molecule has 10 heteroatoms. The molecule has 5 nitrogen and oxygen atoms in total. The fourth-order valence-corrected chi connectivity index (χ4v) is 2.84. The second-order valence-electron chi connectivity index (χ2n) is 5.64. The first kappa shape index (κ1) is 20.2. The minimum atomic E-state index is -3.12. The average Bonchev–Trinajstić information content (AvgIpc) is 2.56. The van der Waals surface area contributed by atoms with E-state index < -0.39 is 13.2 Å². The van der Waals surface area contributed by atoms with Gasteiger partial charge in [-0.25, -0.2) is 0 Å². The number of alkyl halides is 4. The molecule has 0 aromatic heterocycles. The summed E-state index contributed by atoms with van der Waals surface area (Å²) in [4.78, 5) is 0. The van der Waals surface area contributed by atoms with Crippen LogP contribution in [0.2, 0.25) is 0 Å². The lowest BCUT2D eigenvalue weighted by atomic mass is 9.96. The molecule has 1 aliphatic rings. The van der Waals surface area contributed by atoms with Crippen LogP contribution in [0, 0.1) is 0 Å². The normalized spacial score (nSPS) is 15.5. The number of rotatable bonds is 7. The zero-order chi connectivity index (χ0) is 18.9. The van der Waals surface area contributed by atoms with Gasteiger partial charge in [0.05, 0.1) is 6.21 Å². The molecule has 0 bridgehead atoms. The summed E-state index contributed by atoms with van der Waals surface area (Å²) in [6.07, 6.45) is 6.77. The summed E-state index contributed by atoms with van der Waals surface area (Å²) in [5, 5.41) is 7.33. The van der Waals surface area contributed by atoms with E-state index in [1.54, 1.807) is 0 Å². The molecule has 1 fully saturated rings. The van der Waals surface area contributed by atoms with Gasteiger partial charge >= 0.3 is 13.2 Å². The molecule has 26 heavy (non-hydrogen) atoms. The third kappa shape index (κ3) is 7.03. The molecule has 1 aromatic rings. The maximum Gasteiger partial charge on any atom is 0.387 e. The van der Waals surface area contributed by atoms with E-state index in [2.05, 4.69) is 25.3 Å². The maximum absolute atomic E-state index is 12.5. The molecular formula is C16H19F4N3O2S. The van der Waals surface area contributed by atoms with Gasteiger partial charge in [-0.15, -0.1) is 0 Å². The Bertz CT molecular complexity index is 626. The van der Waals surface area contributed by atoms with E-state index in [1.165, 1.54) is 24.8 Å². The van der Waals surface area contributed by atoms with Crippen LogP contribution in [0.3, 0.4) is 0 Å². The van der Waals surface area contributed by atoms with Gasteiger partial charge in [-0.3, -0.25) is 5.43 Å². The van der Waals surface area contributed by atoms with Crippen molar-refractivity contribution < 1.29 is 27.0 Å². The van der Waals surface area contributed by atoms with E-state index in [9.17, 15) is 17.6 Å². The topological polar surface area (TPSA) is 54.9 Å². The Kier molecular flexibility index (Phi) is 7.89. The Morgan fingerprint density at radius 3 is 2.46 bits per heavy atom. The third-order valence-corrected chi connectivity index (χ3v) is 3.95. The molecule has 0 atom stereocenters. The smallest absolute Gasteiger partial charge is 0.387 e. The number of hydrazone groups is 1. The van der Waals surface area contributed by atoms with Gasteiger partial charge in [-0.2, -0.15) is 22.7 Å². The highest BCUT2D eigenvalue weighted by Crippen LogP contribution is 2.26. The van der Waals surface area contributed by atoms with E-state index in [0.29, 0.717) is 11.2 Å². The first-order chi connectivity index (χ1) is 12.4. The SMILES string of the molecule is FC(F)Oc1ccc(/C=N/NC(=S)NC2CCCCC2)c(OC(F)F)c1. The number of ether oxygens (including phenoxy) is 2. The second kappa shape index (κ2) is 10.1. The molecule has 0 unspecified atom stereocenters. The van der Waals surface area contributed by atoms with E-state index in [4.69, 9.17) is 12.2 Å². The molecule has 0 spiro atoms. The molecule has 1 saturated carbocycles. The highest BCUT2D eigenvalue weighted by atomic mass is 32.1. The second-order valence-corrected chi connectivity index (χ2v) is 6.04. The van der Waals surface area contributed by atoms with Crippen molar-refractivity contribution in [1.82, 2.24) is 10.7 Å². The fraction of sp³-hybridized carbons (Fsp3) is 0.500. The number of benzene rings is 1. The summed E-state index contributed by atoms with van der Waals surface area (Å²) in [6.45, 7) is -6.19. The van der Waals surface area contributed by atoms with E-state index in [-0.39, 0.29) is 17.1 Å². The Balaban J connectivity index is 1.97. The lowest BCUT2D eigenvalue weighted by molar-refractivity contribution is -0.0543. The zero-order valence-electron chi connectivity index (χ0n) is 13.8. The summed E-state index contributed by atoms with van der Waals surface area (Å²) in [7, 11) is 0. The molecule has 0 heterocycles. The van der Waals surface area contributed by atoms with Gasteiger partial charge < -0.3 is 14.8 Å². The Morgan fingerprint density at radius 1 is 1.12 bits per heavy atom. The van der Waals surface area contributed by atoms with Gasteiger partial charge in [-0.1, -0.05) is 19.3 Å². The predicted octanol–water partition coefficient (Wildman–Crippen LogP) is 4.02. The quantitative estimate of drug-likeness (QED) is 0.317. The Labute approximate surface area is 153 Å². The number of nitrogens with one attached hydrogen (secondary N) is 2. The maximum atomic E-state index is 12.5. The third-order valence-electron chi connectivity index (χ3n) is 3.74. The van der Waals surface area contributed by atoms with Crippen LogP contribution in [0.25, 0.3) is 0 Å². The molecule has 0 amide bonds. The minimum absolute atomic E-state index is 0.153. The number of hydrogen-bond donors (Lipinski definition) is 2. The van der Waals surface area contributed by atoms with Gasteiger partial charge in [0.15, 0.2) is 5.11 Å². The van der Waals surface area contributed by atoms with Gasteiger partial charge in [0, 0.05) is 17.7 Å². The highest BCUT2D eigenvalue weighted by Gasteiger charge is 2.14. The van der Waals surface area contributed by atoms with Crippen molar-refractivity contribution in [2.45, 2.75) is 51.4 Å². The van der Waals surface area contributed by atoms with E-state index >= 15 is 0 Å². The van der Waals surface area contributed by atoms with Crippen molar-refractivity contribution in [3.05, 3.63) is 23.8 Å². The van der Waals surface area contributed by atoms with Crippen molar-refractivity contribution in [2.24, 2.45) is 5.10 Å². The molecule has 1 aliphatic carbocycles. The largest absolute Gasteiger partial charge is 0.435 e. The van der Waals surface area contributed by atoms with Gasteiger partial charge in [-0.05, 0) is 37.2 Å². The monoisotopic (exact) mass is 393 g/mol. The highest BCUT2D eigenvalue weighted by molar-refractivity contribution is 7.80. The standard InChI is InChI=1S/C16H19F4N3O2S/c17-14(18)24-12-7-6-10(13(8-12)25-15(19)20)9-21-23-16(26)22-11-4-2-1-3-5-11/h6-9,11,14-15H,1-5H2,(H2,22,23,26)/b21-9+. The Hall–Kier alpha value is -2.10. The Morgan fingerprint density at radius 2 is 1.81 bits per heavy atom. The van der Waals surface area contributed by atoms with E-state index in [0.717, 1.165) is 31.7 Å². The van der Waals surface area contributed by atoms with Gasteiger partial charge in [0.25, 0.3) is 0 Å². The molecule has 2 N–H and O–H groups in total. The number of hydrogen-bond acceptors (Lipinski definition) is 4. The van der Waals surface area contributed by atoms with Gasteiger partial charge in [0.1, 0.15) is 11.5 Å². The van der Waals surface area contributed by atoms with Crippen LogP contribution in [0.5, 0.6) is 11.5 Å². The first-order valence-electron chi connectivity index (χ1n) is 8.07. The molecule has 144 valence electrons. The van der Waals surface area contributed by atoms with Crippen LogP contribution < -0.4 is 20.2 Å². The first-order valence-corrected chi connectivity index (χ1v) is 8.48. The van der Waals surface area contributed by atoms with Crippen LogP contribution in [-0.2, 0) is 0 Å². The van der Waals surface area contributed by atoms with Crippen LogP contribution in [0.4, 0.5) is 17.6 Å². The minimum Gasteiger partial charge on any atom is -0.435 e. The molecule has 2 rings (SSSR count).